The third kappa shape index (κ3) is 4.84. The molecule has 6 nitrogen and oxygen atoms in total. The fourth-order valence-electron chi connectivity index (χ4n) is 1.44. The zero-order valence-corrected chi connectivity index (χ0v) is 11.6. The van der Waals surface area contributed by atoms with E-state index in [-0.39, 0.29) is 13.2 Å². The second-order valence-electron chi connectivity index (χ2n) is 5.07. The Morgan fingerprint density at radius 2 is 2.16 bits per heavy atom. The highest BCUT2D eigenvalue weighted by Gasteiger charge is 2.23. The molecule has 19 heavy (non-hydrogen) atoms. The van der Waals surface area contributed by atoms with Gasteiger partial charge in [-0.1, -0.05) is 0 Å². The van der Waals surface area contributed by atoms with E-state index in [1.54, 1.807) is 39.1 Å². The van der Waals surface area contributed by atoms with Gasteiger partial charge in [-0.2, -0.15) is 0 Å². The van der Waals surface area contributed by atoms with Crippen LogP contribution >= 0.6 is 0 Å². The maximum absolute atomic E-state index is 12.0. The Morgan fingerprint density at radius 1 is 1.47 bits per heavy atom. The van der Waals surface area contributed by atoms with Gasteiger partial charge >= 0.3 is 6.09 Å². The molecule has 1 rings (SSSR count). The van der Waals surface area contributed by atoms with Gasteiger partial charge in [0.1, 0.15) is 5.60 Å². The fraction of sp³-hybridized carbons (Fsp3) is 0.538. The molecule has 0 saturated heterocycles. The minimum atomic E-state index is -0.588. The topological polar surface area (TPSA) is 88.7 Å². The normalized spacial score (nSPS) is 11.2. The van der Waals surface area contributed by atoms with Crippen LogP contribution in [0.25, 0.3) is 0 Å². The summed E-state index contributed by atoms with van der Waals surface area (Å²) in [7, 11) is 0. The predicted molar refractivity (Wildman–Crippen MR) is 72.8 cm³/mol. The van der Waals surface area contributed by atoms with E-state index in [2.05, 4.69) is 4.98 Å². The number of ether oxygens (including phenoxy) is 1. The van der Waals surface area contributed by atoms with Gasteiger partial charge < -0.3 is 15.6 Å². The molecule has 0 aliphatic rings. The number of hydrogen-bond acceptors (Lipinski definition) is 5. The summed E-state index contributed by atoms with van der Waals surface area (Å²) in [4.78, 5) is 17.5. The molecule has 1 heterocycles. The molecule has 0 fully saturated rings. The van der Waals surface area contributed by atoms with Gasteiger partial charge in [-0.25, -0.2) is 4.79 Å². The molecule has 106 valence electrons. The highest BCUT2D eigenvalue weighted by atomic mass is 16.6. The standard InChI is InChI=1S/C13H21N3O3/c1-13(2,3)19-12(18)16(6-7-17)11-5-4-10(8-14)15-9-11/h4-5,9,17H,6-8,14H2,1-3H3. The van der Waals surface area contributed by atoms with Crippen LogP contribution in [0.4, 0.5) is 10.5 Å². The lowest BCUT2D eigenvalue weighted by molar-refractivity contribution is 0.0573. The number of aliphatic hydroxyl groups is 1. The number of carbonyl (C=O) groups is 1. The maximum atomic E-state index is 12.0. The molecule has 0 unspecified atom stereocenters. The summed E-state index contributed by atoms with van der Waals surface area (Å²) in [6.45, 7) is 5.70. The van der Waals surface area contributed by atoms with Crippen LogP contribution in [-0.4, -0.2) is 34.9 Å². The van der Waals surface area contributed by atoms with Gasteiger partial charge in [0.05, 0.1) is 30.7 Å². The van der Waals surface area contributed by atoms with Crippen molar-refractivity contribution in [3.63, 3.8) is 0 Å². The number of anilines is 1. The molecule has 3 N–H and O–H groups in total. The summed E-state index contributed by atoms with van der Waals surface area (Å²) < 4.78 is 5.29. The lowest BCUT2D eigenvalue weighted by atomic mass is 10.2. The molecule has 0 spiro atoms. The molecule has 1 aromatic rings. The predicted octanol–water partition coefficient (Wildman–Crippen LogP) is 1.27. The van der Waals surface area contributed by atoms with Crippen LogP contribution in [0.2, 0.25) is 0 Å². The first-order valence-electron chi connectivity index (χ1n) is 6.14. The molecule has 0 radical (unpaired) electrons. The minimum Gasteiger partial charge on any atom is -0.443 e. The fourth-order valence-corrected chi connectivity index (χ4v) is 1.44. The number of aromatic nitrogens is 1. The lowest BCUT2D eigenvalue weighted by Gasteiger charge is -2.26. The van der Waals surface area contributed by atoms with E-state index in [0.29, 0.717) is 12.2 Å². The van der Waals surface area contributed by atoms with E-state index in [9.17, 15) is 4.79 Å². The van der Waals surface area contributed by atoms with Crippen molar-refractivity contribution in [3.05, 3.63) is 24.0 Å². The number of hydrogen-bond donors (Lipinski definition) is 2. The van der Waals surface area contributed by atoms with Crippen LogP contribution in [-0.2, 0) is 11.3 Å². The van der Waals surface area contributed by atoms with E-state index in [4.69, 9.17) is 15.6 Å². The van der Waals surface area contributed by atoms with Crippen molar-refractivity contribution >= 4 is 11.8 Å². The molecular formula is C13H21N3O3. The van der Waals surface area contributed by atoms with Crippen LogP contribution in [0.1, 0.15) is 26.5 Å². The highest BCUT2D eigenvalue weighted by molar-refractivity contribution is 5.87. The Morgan fingerprint density at radius 3 is 2.58 bits per heavy atom. The lowest BCUT2D eigenvalue weighted by Crippen LogP contribution is -2.38. The third-order valence-corrected chi connectivity index (χ3v) is 2.27. The minimum absolute atomic E-state index is 0.151. The molecule has 0 aliphatic heterocycles. The van der Waals surface area contributed by atoms with Gasteiger partial charge in [-0.3, -0.25) is 9.88 Å². The summed E-state index contributed by atoms with van der Waals surface area (Å²) in [5.41, 5.74) is 6.19. The van der Waals surface area contributed by atoms with Gasteiger partial charge in [0.2, 0.25) is 0 Å². The first-order valence-corrected chi connectivity index (χ1v) is 6.14. The number of nitrogens with zero attached hydrogens (tertiary/aromatic N) is 2. The zero-order chi connectivity index (χ0) is 14.5. The number of rotatable bonds is 4. The van der Waals surface area contributed by atoms with E-state index in [1.807, 2.05) is 0 Å². The van der Waals surface area contributed by atoms with Gasteiger partial charge in [0.25, 0.3) is 0 Å². The Kier molecular flexibility index (Phi) is 5.26. The zero-order valence-electron chi connectivity index (χ0n) is 11.6. The summed E-state index contributed by atoms with van der Waals surface area (Å²) >= 11 is 0. The van der Waals surface area contributed by atoms with Crippen molar-refractivity contribution in [1.82, 2.24) is 4.98 Å². The number of nitrogens with two attached hydrogens (primary N) is 1. The average molecular weight is 267 g/mol. The van der Waals surface area contributed by atoms with Crippen LogP contribution in [0.5, 0.6) is 0 Å². The van der Waals surface area contributed by atoms with Crippen LogP contribution in [0.15, 0.2) is 18.3 Å². The summed E-state index contributed by atoms with van der Waals surface area (Å²) in [6.07, 6.45) is 1.03. The molecule has 0 atom stereocenters. The monoisotopic (exact) mass is 267 g/mol. The van der Waals surface area contributed by atoms with E-state index in [0.717, 1.165) is 5.69 Å². The van der Waals surface area contributed by atoms with Gasteiger partial charge in [0, 0.05) is 6.54 Å². The second kappa shape index (κ2) is 6.49. The first kappa shape index (κ1) is 15.4. The van der Waals surface area contributed by atoms with Crippen molar-refractivity contribution in [2.24, 2.45) is 5.73 Å². The summed E-state index contributed by atoms with van der Waals surface area (Å²) in [6, 6.07) is 3.47. The molecule has 6 heteroatoms. The van der Waals surface area contributed by atoms with E-state index < -0.39 is 11.7 Å². The molecule has 0 bridgehead atoms. The van der Waals surface area contributed by atoms with Crippen molar-refractivity contribution in [3.8, 4) is 0 Å². The second-order valence-corrected chi connectivity index (χ2v) is 5.07. The Hall–Kier alpha value is -1.66. The smallest absolute Gasteiger partial charge is 0.414 e. The molecule has 0 aromatic carbocycles. The Balaban J connectivity index is 2.89. The van der Waals surface area contributed by atoms with Crippen molar-refractivity contribution < 1.29 is 14.6 Å². The SMILES string of the molecule is CC(C)(C)OC(=O)N(CCO)c1ccc(CN)nc1. The van der Waals surface area contributed by atoms with Crippen LogP contribution < -0.4 is 10.6 Å². The molecule has 1 aromatic heterocycles. The maximum Gasteiger partial charge on any atom is 0.414 e. The summed E-state index contributed by atoms with van der Waals surface area (Å²) in [5, 5.41) is 9.06. The third-order valence-electron chi connectivity index (χ3n) is 2.27. The largest absolute Gasteiger partial charge is 0.443 e. The van der Waals surface area contributed by atoms with Crippen molar-refractivity contribution in [1.29, 1.82) is 0 Å². The Labute approximate surface area is 113 Å². The molecule has 0 aliphatic carbocycles. The average Bonchev–Trinajstić information content (AvgIpc) is 2.34. The number of amides is 1. The van der Waals surface area contributed by atoms with Gasteiger partial charge in [-0.15, -0.1) is 0 Å². The van der Waals surface area contributed by atoms with Crippen LogP contribution in [0.3, 0.4) is 0 Å². The number of aliphatic hydroxyl groups excluding tert-OH is 1. The highest BCUT2D eigenvalue weighted by Crippen LogP contribution is 2.17. The van der Waals surface area contributed by atoms with Gasteiger partial charge in [0.15, 0.2) is 0 Å². The number of pyridine rings is 1. The molecular weight excluding hydrogens is 246 g/mol. The quantitative estimate of drug-likeness (QED) is 0.857. The van der Waals surface area contributed by atoms with Crippen molar-refractivity contribution in [2.45, 2.75) is 32.9 Å². The molecule has 0 saturated carbocycles. The Bertz CT molecular complexity index is 412. The van der Waals surface area contributed by atoms with Crippen LogP contribution in [0, 0.1) is 0 Å². The van der Waals surface area contributed by atoms with Gasteiger partial charge in [-0.05, 0) is 32.9 Å². The molecule has 1 amide bonds. The van der Waals surface area contributed by atoms with E-state index >= 15 is 0 Å². The number of carbonyl (C=O) groups excluding carboxylic acids is 1. The van der Waals surface area contributed by atoms with E-state index in [1.165, 1.54) is 4.90 Å². The first-order chi connectivity index (χ1) is 8.87. The summed E-state index contributed by atoms with van der Waals surface area (Å²) in [5.74, 6) is 0. The van der Waals surface area contributed by atoms with Crippen molar-refractivity contribution in [2.75, 3.05) is 18.1 Å².